The van der Waals surface area contributed by atoms with Crippen LogP contribution in [-0.2, 0) is 27.9 Å². The summed E-state index contributed by atoms with van der Waals surface area (Å²) in [6, 6.07) is 12.8. The molecule has 8 heteroatoms. The zero-order valence-electron chi connectivity index (χ0n) is 17.1. The maximum atomic E-state index is 12.9. The van der Waals surface area contributed by atoms with Gasteiger partial charge in [0.15, 0.2) is 0 Å². The van der Waals surface area contributed by atoms with Crippen LogP contribution >= 0.6 is 0 Å². The molecule has 0 bridgehead atoms. The first-order valence-electron chi connectivity index (χ1n) is 10.2. The second-order valence-electron chi connectivity index (χ2n) is 7.73. The van der Waals surface area contributed by atoms with Gasteiger partial charge in [0.05, 0.1) is 12.1 Å². The number of sulfonamides is 1. The molecule has 1 saturated heterocycles. The Balaban J connectivity index is 1.38. The molecule has 1 aliphatic heterocycles. The molecule has 0 unspecified atom stereocenters. The third-order valence-corrected chi connectivity index (χ3v) is 6.89. The number of pyridine rings is 1. The Kier molecular flexibility index (Phi) is 6.48. The normalized spacial score (nSPS) is 18.1. The van der Waals surface area contributed by atoms with Crippen LogP contribution in [0.25, 0.3) is 10.9 Å². The van der Waals surface area contributed by atoms with E-state index in [2.05, 4.69) is 14.6 Å². The van der Waals surface area contributed by atoms with E-state index in [1.807, 2.05) is 24.3 Å². The van der Waals surface area contributed by atoms with E-state index in [0.29, 0.717) is 18.7 Å². The predicted molar refractivity (Wildman–Crippen MR) is 114 cm³/mol. The number of likely N-dealkylation sites (tertiary alicyclic amines) is 1. The lowest BCUT2D eigenvalue weighted by molar-refractivity contribution is 0.144. The highest BCUT2D eigenvalue weighted by Crippen LogP contribution is 2.22. The predicted octanol–water partition coefficient (Wildman–Crippen LogP) is 3.16. The van der Waals surface area contributed by atoms with Gasteiger partial charge in [-0.2, -0.15) is 0 Å². The minimum atomic E-state index is -3.63. The van der Waals surface area contributed by atoms with Crippen LogP contribution in [0.3, 0.4) is 0 Å². The number of piperidine rings is 1. The van der Waals surface area contributed by atoms with Crippen molar-refractivity contribution in [2.45, 2.75) is 30.9 Å². The summed E-state index contributed by atoms with van der Waals surface area (Å²) in [5.41, 5.74) is 0.502. The topological polar surface area (TPSA) is 84.7 Å². The summed E-state index contributed by atoms with van der Waals surface area (Å²) < 4.78 is 39.6. The number of aromatic nitrogens is 1. The molecule has 1 N–H and O–H groups in total. The monoisotopic (exact) mass is 429 g/mol. The second kappa shape index (κ2) is 9.26. The molecule has 7 nitrogen and oxygen atoms in total. The van der Waals surface area contributed by atoms with Gasteiger partial charge in [0.25, 0.3) is 0 Å². The van der Waals surface area contributed by atoms with Crippen LogP contribution in [0.5, 0.6) is 0 Å². The first kappa shape index (κ1) is 21.0. The number of nitrogens with one attached hydrogen (secondary N) is 1. The summed E-state index contributed by atoms with van der Waals surface area (Å²) >= 11 is 0. The molecule has 1 atom stereocenters. The van der Waals surface area contributed by atoms with Crippen molar-refractivity contribution in [1.82, 2.24) is 14.6 Å². The Bertz CT molecular complexity index is 1090. The summed E-state index contributed by atoms with van der Waals surface area (Å²) in [5, 5.41) is 0.815. The molecule has 2 aromatic heterocycles. The molecule has 3 aromatic rings. The average Bonchev–Trinajstić information content (AvgIpc) is 3.19. The minimum Gasteiger partial charge on any atom is -0.462 e. The van der Waals surface area contributed by atoms with Crippen molar-refractivity contribution in [1.29, 1.82) is 0 Å². The molecule has 0 saturated carbocycles. The fourth-order valence-corrected chi connectivity index (χ4v) is 5.30. The van der Waals surface area contributed by atoms with E-state index in [0.717, 1.165) is 49.4 Å². The fourth-order valence-electron chi connectivity index (χ4n) is 4.01. The summed E-state index contributed by atoms with van der Waals surface area (Å²) in [4.78, 5) is 6.82. The average molecular weight is 430 g/mol. The highest BCUT2D eigenvalue weighted by molar-refractivity contribution is 7.89. The SMILES string of the molecule is COCc1ccc(CN2CCC[C@@H](CNS(=O)(=O)c3cccc4cccnc34)C2)o1. The first-order valence-corrected chi connectivity index (χ1v) is 11.7. The van der Waals surface area contributed by atoms with Crippen molar-refractivity contribution in [3.05, 3.63) is 60.2 Å². The van der Waals surface area contributed by atoms with Crippen molar-refractivity contribution < 1.29 is 17.6 Å². The molecule has 0 spiro atoms. The smallest absolute Gasteiger partial charge is 0.242 e. The lowest BCUT2D eigenvalue weighted by Crippen LogP contribution is -2.40. The van der Waals surface area contributed by atoms with Gasteiger partial charge in [0.1, 0.15) is 23.0 Å². The maximum Gasteiger partial charge on any atom is 0.242 e. The molecule has 30 heavy (non-hydrogen) atoms. The molecule has 160 valence electrons. The number of nitrogens with zero attached hydrogens (tertiary/aromatic N) is 2. The summed E-state index contributed by atoms with van der Waals surface area (Å²) in [7, 11) is -1.98. The molecular weight excluding hydrogens is 402 g/mol. The van der Waals surface area contributed by atoms with Crippen molar-refractivity contribution in [3.8, 4) is 0 Å². The lowest BCUT2D eigenvalue weighted by atomic mass is 9.98. The standard InChI is InChI=1S/C22H27N3O4S/c1-28-16-20-10-9-19(29-20)15-25-12-4-5-17(14-25)13-24-30(26,27)21-8-2-6-18-7-3-11-23-22(18)21/h2-3,6-11,17,24H,4-5,12-16H2,1H3/t17-/m0/s1. The van der Waals surface area contributed by atoms with Crippen LogP contribution in [0.1, 0.15) is 24.4 Å². The molecule has 4 rings (SSSR count). The largest absolute Gasteiger partial charge is 0.462 e. The highest BCUT2D eigenvalue weighted by Gasteiger charge is 2.24. The Morgan fingerprint density at radius 3 is 2.90 bits per heavy atom. The van der Waals surface area contributed by atoms with Crippen LogP contribution in [0, 0.1) is 5.92 Å². The Morgan fingerprint density at radius 1 is 1.20 bits per heavy atom. The van der Waals surface area contributed by atoms with Crippen LogP contribution in [-0.4, -0.2) is 45.0 Å². The zero-order chi connectivity index (χ0) is 21.0. The van der Waals surface area contributed by atoms with E-state index in [1.165, 1.54) is 0 Å². The van der Waals surface area contributed by atoms with Crippen molar-refractivity contribution >= 4 is 20.9 Å². The third kappa shape index (κ3) is 4.89. The molecule has 0 aliphatic carbocycles. The molecule has 1 aliphatic rings. The zero-order valence-corrected chi connectivity index (χ0v) is 17.9. The van der Waals surface area contributed by atoms with Gasteiger partial charge in [0, 0.05) is 31.8 Å². The summed E-state index contributed by atoms with van der Waals surface area (Å²) in [5.74, 6) is 1.98. The lowest BCUT2D eigenvalue weighted by Gasteiger charge is -2.32. The number of fused-ring (bicyclic) bond motifs is 1. The fraction of sp³-hybridized carbons (Fsp3) is 0.409. The first-order chi connectivity index (χ1) is 14.5. The number of para-hydroxylation sites is 1. The van der Waals surface area contributed by atoms with Gasteiger partial charge in [-0.3, -0.25) is 9.88 Å². The Labute approximate surface area is 177 Å². The van der Waals surface area contributed by atoms with Crippen LogP contribution in [0.2, 0.25) is 0 Å². The number of rotatable bonds is 8. The molecule has 0 radical (unpaired) electrons. The van der Waals surface area contributed by atoms with Gasteiger partial charge in [-0.1, -0.05) is 18.2 Å². The van der Waals surface area contributed by atoms with Gasteiger partial charge in [-0.15, -0.1) is 0 Å². The summed E-state index contributed by atoms with van der Waals surface area (Å²) in [6.45, 7) is 3.41. The second-order valence-corrected chi connectivity index (χ2v) is 9.46. The van der Waals surface area contributed by atoms with Gasteiger partial charge >= 0.3 is 0 Å². The minimum absolute atomic E-state index is 0.231. The summed E-state index contributed by atoms with van der Waals surface area (Å²) in [6.07, 6.45) is 3.65. The van der Waals surface area contributed by atoms with E-state index in [4.69, 9.17) is 9.15 Å². The van der Waals surface area contributed by atoms with E-state index in [1.54, 1.807) is 31.5 Å². The van der Waals surface area contributed by atoms with Crippen molar-refractivity contribution in [2.24, 2.45) is 5.92 Å². The van der Waals surface area contributed by atoms with E-state index in [-0.39, 0.29) is 10.8 Å². The quantitative estimate of drug-likeness (QED) is 0.592. The van der Waals surface area contributed by atoms with Crippen LogP contribution < -0.4 is 4.72 Å². The number of methoxy groups -OCH3 is 1. The Morgan fingerprint density at radius 2 is 2.03 bits per heavy atom. The third-order valence-electron chi connectivity index (χ3n) is 5.43. The van der Waals surface area contributed by atoms with E-state index in [9.17, 15) is 8.42 Å². The molecule has 1 aromatic carbocycles. The number of hydrogen-bond donors (Lipinski definition) is 1. The number of furan rings is 1. The number of ether oxygens (including phenoxy) is 1. The van der Waals surface area contributed by atoms with Crippen LogP contribution in [0.15, 0.2) is 58.0 Å². The Hall–Kier alpha value is -2.26. The molecular formula is C22H27N3O4S. The number of benzene rings is 1. The van der Waals surface area contributed by atoms with Crippen molar-refractivity contribution in [2.75, 3.05) is 26.7 Å². The van der Waals surface area contributed by atoms with Crippen molar-refractivity contribution in [3.63, 3.8) is 0 Å². The van der Waals surface area contributed by atoms with E-state index < -0.39 is 10.0 Å². The van der Waals surface area contributed by atoms with Gasteiger partial charge in [0.2, 0.25) is 10.0 Å². The van der Waals surface area contributed by atoms with Crippen LogP contribution in [0.4, 0.5) is 0 Å². The molecule has 0 amide bonds. The van der Waals surface area contributed by atoms with Gasteiger partial charge < -0.3 is 9.15 Å². The number of hydrogen-bond acceptors (Lipinski definition) is 6. The van der Waals surface area contributed by atoms with Gasteiger partial charge in [-0.05, 0) is 49.6 Å². The van der Waals surface area contributed by atoms with Gasteiger partial charge in [-0.25, -0.2) is 13.1 Å². The maximum absolute atomic E-state index is 12.9. The molecule has 3 heterocycles. The highest BCUT2D eigenvalue weighted by atomic mass is 32.2. The van der Waals surface area contributed by atoms with E-state index >= 15 is 0 Å². The molecule has 1 fully saturated rings.